The van der Waals surface area contributed by atoms with Crippen molar-refractivity contribution in [1.82, 2.24) is 15.1 Å². The number of nitrogens with zero attached hydrogens (tertiary/aromatic N) is 2. The Kier molecular flexibility index (Phi) is 4.81. The smallest absolute Gasteiger partial charge is 0.0638 e. The minimum atomic E-state index is 0.639. The van der Waals surface area contributed by atoms with E-state index >= 15 is 0 Å². The van der Waals surface area contributed by atoms with E-state index in [0.29, 0.717) is 6.04 Å². The van der Waals surface area contributed by atoms with E-state index in [1.54, 1.807) is 0 Å². The fraction of sp³-hybridized carbons (Fsp3) is 0.800. The zero-order chi connectivity index (χ0) is 13.0. The normalized spacial score (nSPS) is 24.4. The van der Waals surface area contributed by atoms with Gasteiger partial charge >= 0.3 is 0 Å². The zero-order valence-corrected chi connectivity index (χ0v) is 12.1. The van der Waals surface area contributed by atoms with Crippen LogP contribution in [-0.2, 0) is 6.54 Å². The van der Waals surface area contributed by atoms with E-state index in [9.17, 15) is 0 Å². The summed E-state index contributed by atoms with van der Waals surface area (Å²) in [6, 6.07) is 0.639. The highest BCUT2D eigenvalue weighted by Crippen LogP contribution is 2.31. The standard InChI is InChI=1S/C15H27N3/c1-4-9-16-10-14-11-18(17-13(14)3)15-7-5-12(2)6-8-15/h11-12,15-16H,4-10H2,1-3H3. The zero-order valence-electron chi connectivity index (χ0n) is 12.1. The van der Waals surface area contributed by atoms with Crippen LogP contribution in [0.4, 0.5) is 0 Å². The largest absolute Gasteiger partial charge is 0.313 e. The van der Waals surface area contributed by atoms with Crippen molar-refractivity contribution in [1.29, 1.82) is 0 Å². The van der Waals surface area contributed by atoms with Crippen LogP contribution in [0.5, 0.6) is 0 Å². The Bertz CT molecular complexity index is 362. The molecule has 1 N–H and O–H groups in total. The summed E-state index contributed by atoms with van der Waals surface area (Å²) in [6.07, 6.45) is 8.75. The van der Waals surface area contributed by atoms with Gasteiger partial charge in [-0.15, -0.1) is 0 Å². The Morgan fingerprint density at radius 3 is 2.72 bits per heavy atom. The predicted molar refractivity (Wildman–Crippen MR) is 75.6 cm³/mol. The Hall–Kier alpha value is -0.830. The molecule has 0 aliphatic heterocycles. The van der Waals surface area contributed by atoms with Crippen LogP contribution in [-0.4, -0.2) is 16.3 Å². The molecule has 0 radical (unpaired) electrons. The first kappa shape index (κ1) is 13.6. The Balaban J connectivity index is 1.95. The van der Waals surface area contributed by atoms with Crippen molar-refractivity contribution in [3.63, 3.8) is 0 Å². The number of nitrogens with one attached hydrogen (secondary N) is 1. The lowest BCUT2D eigenvalue weighted by Gasteiger charge is -2.26. The summed E-state index contributed by atoms with van der Waals surface area (Å²) in [5.74, 6) is 0.906. The minimum absolute atomic E-state index is 0.639. The van der Waals surface area contributed by atoms with Crippen molar-refractivity contribution in [2.45, 2.75) is 65.5 Å². The predicted octanol–water partition coefficient (Wildman–Crippen LogP) is 3.44. The first-order valence-electron chi connectivity index (χ1n) is 7.46. The number of hydrogen-bond acceptors (Lipinski definition) is 2. The van der Waals surface area contributed by atoms with Crippen molar-refractivity contribution in [3.8, 4) is 0 Å². The summed E-state index contributed by atoms with van der Waals surface area (Å²) < 4.78 is 2.23. The van der Waals surface area contributed by atoms with Gasteiger partial charge < -0.3 is 5.32 Å². The van der Waals surface area contributed by atoms with Gasteiger partial charge in [0.1, 0.15) is 0 Å². The lowest BCUT2D eigenvalue weighted by molar-refractivity contribution is 0.273. The van der Waals surface area contributed by atoms with Crippen LogP contribution in [0.2, 0.25) is 0 Å². The summed E-state index contributed by atoms with van der Waals surface area (Å²) in [6.45, 7) is 8.75. The maximum absolute atomic E-state index is 4.71. The molecule has 1 aliphatic carbocycles. The summed E-state index contributed by atoms with van der Waals surface area (Å²) in [5.41, 5.74) is 2.55. The molecule has 1 aromatic heterocycles. The van der Waals surface area contributed by atoms with E-state index in [1.807, 2.05) is 0 Å². The van der Waals surface area contributed by atoms with Crippen LogP contribution in [0.3, 0.4) is 0 Å². The van der Waals surface area contributed by atoms with Crippen molar-refractivity contribution < 1.29 is 0 Å². The van der Waals surface area contributed by atoms with Crippen LogP contribution in [0.15, 0.2) is 6.20 Å². The fourth-order valence-electron chi connectivity index (χ4n) is 2.79. The van der Waals surface area contributed by atoms with E-state index in [2.05, 4.69) is 37.0 Å². The van der Waals surface area contributed by atoms with Gasteiger partial charge in [0.25, 0.3) is 0 Å². The third-order valence-electron chi connectivity index (χ3n) is 4.12. The second kappa shape index (κ2) is 6.37. The number of aromatic nitrogens is 2. The van der Waals surface area contributed by atoms with E-state index in [4.69, 9.17) is 5.10 Å². The highest BCUT2D eigenvalue weighted by molar-refractivity contribution is 5.15. The summed E-state index contributed by atoms with van der Waals surface area (Å²) in [7, 11) is 0. The number of rotatable bonds is 5. The topological polar surface area (TPSA) is 29.9 Å². The molecular weight excluding hydrogens is 222 g/mol. The molecule has 2 rings (SSSR count). The van der Waals surface area contributed by atoms with Crippen molar-refractivity contribution >= 4 is 0 Å². The minimum Gasteiger partial charge on any atom is -0.313 e. The molecule has 0 saturated heterocycles. The molecule has 3 heteroatoms. The highest BCUT2D eigenvalue weighted by Gasteiger charge is 2.20. The van der Waals surface area contributed by atoms with Gasteiger partial charge in [-0.25, -0.2) is 0 Å². The third-order valence-corrected chi connectivity index (χ3v) is 4.12. The van der Waals surface area contributed by atoms with E-state index in [-0.39, 0.29) is 0 Å². The average molecular weight is 249 g/mol. The molecule has 0 atom stereocenters. The second-order valence-electron chi connectivity index (χ2n) is 5.81. The van der Waals surface area contributed by atoms with E-state index < -0.39 is 0 Å². The third kappa shape index (κ3) is 3.35. The van der Waals surface area contributed by atoms with Gasteiger partial charge in [0, 0.05) is 18.3 Å². The van der Waals surface area contributed by atoms with Gasteiger partial charge in [-0.3, -0.25) is 4.68 Å². The van der Waals surface area contributed by atoms with Gasteiger partial charge in [0.2, 0.25) is 0 Å². The van der Waals surface area contributed by atoms with E-state index in [1.165, 1.54) is 43.4 Å². The maximum atomic E-state index is 4.71. The summed E-state index contributed by atoms with van der Waals surface area (Å²) >= 11 is 0. The molecule has 18 heavy (non-hydrogen) atoms. The van der Waals surface area contributed by atoms with Gasteiger partial charge in [0.15, 0.2) is 0 Å². The molecule has 0 aromatic carbocycles. The van der Waals surface area contributed by atoms with Crippen LogP contribution < -0.4 is 5.32 Å². The molecule has 1 saturated carbocycles. The number of hydrogen-bond donors (Lipinski definition) is 1. The van der Waals surface area contributed by atoms with Crippen LogP contribution >= 0.6 is 0 Å². The lowest BCUT2D eigenvalue weighted by Crippen LogP contribution is -2.17. The molecule has 0 amide bonds. The quantitative estimate of drug-likeness (QED) is 0.810. The first-order chi connectivity index (χ1) is 8.70. The Labute approximate surface area is 111 Å². The Morgan fingerprint density at radius 1 is 1.33 bits per heavy atom. The van der Waals surface area contributed by atoms with Gasteiger partial charge in [-0.1, -0.05) is 13.8 Å². The molecule has 1 aliphatic rings. The molecule has 1 fully saturated rings. The van der Waals surface area contributed by atoms with Gasteiger partial charge in [-0.2, -0.15) is 5.10 Å². The Morgan fingerprint density at radius 2 is 2.06 bits per heavy atom. The van der Waals surface area contributed by atoms with E-state index in [0.717, 1.165) is 19.0 Å². The average Bonchev–Trinajstić information content (AvgIpc) is 2.72. The molecule has 0 spiro atoms. The second-order valence-corrected chi connectivity index (χ2v) is 5.81. The highest BCUT2D eigenvalue weighted by atomic mass is 15.3. The van der Waals surface area contributed by atoms with Crippen molar-refractivity contribution in [2.75, 3.05) is 6.54 Å². The van der Waals surface area contributed by atoms with Crippen LogP contribution in [0.1, 0.15) is 63.3 Å². The molecular formula is C15H27N3. The fourth-order valence-corrected chi connectivity index (χ4v) is 2.79. The maximum Gasteiger partial charge on any atom is 0.0638 e. The first-order valence-corrected chi connectivity index (χ1v) is 7.46. The summed E-state index contributed by atoms with van der Waals surface area (Å²) in [5, 5.41) is 8.18. The SMILES string of the molecule is CCCNCc1cn(C2CCC(C)CC2)nc1C. The summed E-state index contributed by atoms with van der Waals surface area (Å²) in [4.78, 5) is 0. The van der Waals surface area contributed by atoms with Crippen LogP contribution in [0.25, 0.3) is 0 Å². The number of aryl methyl sites for hydroxylation is 1. The van der Waals surface area contributed by atoms with Crippen molar-refractivity contribution in [3.05, 3.63) is 17.5 Å². The van der Waals surface area contributed by atoms with Crippen molar-refractivity contribution in [2.24, 2.45) is 5.92 Å². The van der Waals surface area contributed by atoms with Gasteiger partial charge in [0.05, 0.1) is 11.7 Å². The molecule has 3 nitrogen and oxygen atoms in total. The monoisotopic (exact) mass is 249 g/mol. The lowest BCUT2D eigenvalue weighted by atomic mass is 9.87. The molecule has 1 heterocycles. The molecule has 102 valence electrons. The molecule has 0 unspecified atom stereocenters. The van der Waals surface area contributed by atoms with Gasteiger partial charge in [-0.05, 0) is 51.5 Å². The molecule has 0 bridgehead atoms. The van der Waals surface area contributed by atoms with Crippen LogP contribution in [0, 0.1) is 12.8 Å². The molecule has 1 aromatic rings.